The van der Waals surface area contributed by atoms with E-state index in [-0.39, 0.29) is 17.5 Å². The number of aromatic amines is 1. The zero-order valence-electron chi connectivity index (χ0n) is 11.0. The number of hydrogen-bond acceptors (Lipinski definition) is 3. The Balaban J connectivity index is 2.98. The fourth-order valence-electron chi connectivity index (χ4n) is 2.06. The first-order valence-corrected chi connectivity index (χ1v) is 6.33. The second-order valence-electron chi connectivity index (χ2n) is 4.20. The van der Waals surface area contributed by atoms with Crippen molar-refractivity contribution in [2.45, 2.75) is 32.7 Å². The highest BCUT2D eigenvalue weighted by Crippen LogP contribution is 2.12. The Bertz CT molecular complexity index is 438. The first kappa shape index (κ1) is 14.4. The summed E-state index contributed by atoms with van der Waals surface area (Å²) in [6.07, 6.45) is 3.25. The van der Waals surface area contributed by atoms with E-state index in [0.29, 0.717) is 18.7 Å². The molecule has 1 rings (SSSR count). The molecule has 0 spiro atoms. The molecule has 0 saturated carbocycles. The van der Waals surface area contributed by atoms with Gasteiger partial charge in [-0.25, -0.2) is 0 Å². The van der Waals surface area contributed by atoms with E-state index in [1.165, 1.54) is 12.3 Å². The van der Waals surface area contributed by atoms with Gasteiger partial charge in [0.2, 0.25) is 5.56 Å². The van der Waals surface area contributed by atoms with Crippen LogP contribution in [-0.4, -0.2) is 34.9 Å². The van der Waals surface area contributed by atoms with Crippen molar-refractivity contribution >= 4 is 5.91 Å². The molecule has 5 heteroatoms. The summed E-state index contributed by atoms with van der Waals surface area (Å²) < 4.78 is 0. The molecule has 1 aromatic heterocycles. The number of amides is 1. The van der Waals surface area contributed by atoms with Crippen molar-refractivity contribution in [2.24, 2.45) is 5.73 Å². The number of carbonyl (C=O) groups is 1. The third-order valence-electron chi connectivity index (χ3n) is 3.04. The zero-order chi connectivity index (χ0) is 13.5. The molecule has 3 N–H and O–H groups in total. The van der Waals surface area contributed by atoms with Gasteiger partial charge in [-0.3, -0.25) is 9.59 Å². The van der Waals surface area contributed by atoms with E-state index in [1.807, 2.05) is 13.8 Å². The number of carbonyl (C=O) groups excluding carboxylic acids is 1. The Morgan fingerprint density at radius 3 is 2.61 bits per heavy atom. The summed E-state index contributed by atoms with van der Waals surface area (Å²) in [4.78, 5) is 27.9. The summed E-state index contributed by atoms with van der Waals surface area (Å²) in [6, 6.07) is 3.12. The number of hydrogen-bond donors (Lipinski definition) is 2. The Kier molecular flexibility index (Phi) is 5.58. The van der Waals surface area contributed by atoms with Crippen molar-refractivity contribution in [2.75, 3.05) is 13.1 Å². The highest BCUT2D eigenvalue weighted by Gasteiger charge is 2.21. The quantitative estimate of drug-likeness (QED) is 0.790. The van der Waals surface area contributed by atoms with Gasteiger partial charge in [-0.1, -0.05) is 13.8 Å². The van der Waals surface area contributed by atoms with Crippen LogP contribution in [0.25, 0.3) is 0 Å². The van der Waals surface area contributed by atoms with Gasteiger partial charge in [0.25, 0.3) is 5.91 Å². The van der Waals surface area contributed by atoms with Crippen molar-refractivity contribution < 1.29 is 4.79 Å². The minimum absolute atomic E-state index is 0.125. The summed E-state index contributed by atoms with van der Waals surface area (Å²) in [5, 5.41) is 0. The highest BCUT2D eigenvalue weighted by molar-refractivity contribution is 5.94. The number of nitrogens with zero attached hydrogens (tertiary/aromatic N) is 1. The number of rotatable bonds is 6. The average Bonchev–Trinajstić information content (AvgIpc) is 2.38. The molecule has 0 saturated heterocycles. The molecular formula is C13H21N3O2. The van der Waals surface area contributed by atoms with Crippen LogP contribution >= 0.6 is 0 Å². The largest absolute Gasteiger partial charge is 0.334 e. The van der Waals surface area contributed by atoms with Crippen molar-refractivity contribution in [3.63, 3.8) is 0 Å². The molecule has 0 radical (unpaired) electrons. The first-order chi connectivity index (χ1) is 8.63. The molecule has 1 aromatic rings. The molecule has 100 valence electrons. The molecule has 0 fully saturated rings. The van der Waals surface area contributed by atoms with Gasteiger partial charge in [0.15, 0.2) is 0 Å². The number of aromatic nitrogens is 1. The van der Waals surface area contributed by atoms with E-state index in [1.54, 1.807) is 11.0 Å². The van der Waals surface area contributed by atoms with Gasteiger partial charge in [-0.2, -0.15) is 0 Å². The molecule has 0 aliphatic carbocycles. The van der Waals surface area contributed by atoms with Gasteiger partial charge in [0.1, 0.15) is 0 Å². The molecular weight excluding hydrogens is 230 g/mol. The standard InChI is InChI=1S/C13H21N3O2/c1-3-11(4-2)16(8-6-14)13(18)10-5-7-15-12(17)9-10/h5,7,9,11H,3-4,6,8,14H2,1-2H3,(H,15,17). The van der Waals surface area contributed by atoms with E-state index in [4.69, 9.17) is 5.73 Å². The average molecular weight is 251 g/mol. The SMILES string of the molecule is CCC(CC)N(CCN)C(=O)c1cc[nH]c(=O)c1. The summed E-state index contributed by atoms with van der Waals surface area (Å²) >= 11 is 0. The Morgan fingerprint density at radius 1 is 1.44 bits per heavy atom. The molecule has 0 atom stereocenters. The van der Waals surface area contributed by atoms with Crippen molar-refractivity contribution in [3.05, 3.63) is 34.2 Å². The lowest BCUT2D eigenvalue weighted by molar-refractivity contribution is 0.0674. The first-order valence-electron chi connectivity index (χ1n) is 6.33. The molecule has 5 nitrogen and oxygen atoms in total. The Hall–Kier alpha value is -1.62. The topological polar surface area (TPSA) is 79.2 Å². The van der Waals surface area contributed by atoms with Crippen LogP contribution in [0, 0.1) is 0 Å². The van der Waals surface area contributed by atoms with Gasteiger partial charge in [0.05, 0.1) is 0 Å². The fraction of sp³-hybridized carbons (Fsp3) is 0.538. The van der Waals surface area contributed by atoms with Gasteiger partial charge >= 0.3 is 0 Å². The number of nitrogens with one attached hydrogen (secondary N) is 1. The second kappa shape index (κ2) is 6.96. The van der Waals surface area contributed by atoms with E-state index < -0.39 is 0 Å². The van der Waals surface area contributed by atoms with Gasteiger partial charge < -0.3 is 15.6 Å². The highest BCUT2D eigenvalue weighted by atomic mass is 16.2. The van der Waals surface area contributed by atoms with Gasteiger partial charge in [-0.05, 0) is 18.9 Å². The molecule has 1 amide bonds. The molecule has 0 aromatic carbocycles. The molecule has 18 heavy (non-hydrogen) atoms. The smallest absolute Gasteiger partial charge is 0.254 e. The summed E-state index contributed by atoms with van der Waals surface area (Å²) in [7, 11) is 0. The summed E-state index contributed by atoms with van der Waals surface area (Å²) in [5.74, 6) is -0.125. The van der Waals surface area contributed by atoms with Crippen LogP contribution in [0.3, 0.4) is 0 Å². The lowest BCUT2D eigenvalue weighted by atomic mass is 10.1. The third-order valence-corrected chi connectivity index (χ3v) is 3.04. The molecule has 0 bridgehead atoms. The third kappa shape index (κ3) is 3.43. The maximum atomic E-state index is 12.4. The lowest BCUT2D eigenvalue weighted by Gasteiger charge is -2.30. The van der Waals surface area contributed by atoms with Crippen LogP contribution in [-0.2, 0) is 0 Å². The number of nitrogens with two attached hydrogens (primary N) is 1. The van der Waals surface area contributed by atoms with E-state index in [0.717, 1.165) is 12.8 Å². The maximum Gasteiger partial charge on any atom is 0.254 e. The van der Waals surface area contributed by atoms with Crippen LogP contribution in [0.5, 0.6) is 0 Å². The number of H-pyrrole nitrogens is 1. The minimum Gasteiger partial charge on any atom is -0.334 e. The maximum absolute atomic E-state index is 12.4. The van der Waals surface area contributed by atoms with Crippen LogP contribution < -0.4 is 11.3 Å². The fourth-order valence-corrected chi connectivity index (χ4v) is 2.06. The van der Waals surface area contributed by atoms with Crippen LogP contribution in [0.1, 0.15) is 37.0 Å². The van der Waals surface area contributed by atoms with Crippen LogP contribution in [0.15, 0.2) is 23.1 Å². The molecule has 0 aliphatic heterocycles. The van der Waals surface area contributed by atoms with Crippen molar-refractivity contribution in [1.82, 2.24) is 9.88 Å². The molecule has 0 unspecified atom stereocenters. The van der Waals surface area contributed by atoms with Crippen molar-refractivity contribution in [1.29, 1.82) is 0 Å². The zero-order valence-corrected chi connectivity index (χ0v) is 11.0. The second-order valence-corrected chi connectivity index (χ2v) is 4.20. The lowest BCUT2D eigenvalue weighted by Crippen LogP contribution is -2.43. The van der Waals surface area contributed by atoms with E-state index in [2.05, 4.69) is 4.98 Å². The predicted octanol–water partition coefficient (Wildman–Crippen LogP) is 0.964. The predicted molar refractivity (Wildman–Crippen MR) is 71.5 cm³/mol. The van der Waals surface area contributed by atoms with Gasteiger partial charge in [-0.15, -0.1) is 0 Å². The van der Waals surface area contributed by atoms with E-state index in [9.17, 15) is 9.59 Å². The van der Waals surface area contributed by atoms with Crippen LogP contribution in [0.2, 0.25) is 0 Å². The normalized spacial score (nSPS) is 10.7. The van der Waals surface area contributed by atoms with Gasteiger partial charge in [0, 0.05) is 37.0 Å². The molecule has 1 heterocycles. The minimum atomic E-state index is -0.266. The van der Waals surface area contributed by atoms with Crippen molar-refractivity contribution in [3.8, 4) is 0 Å². The monoisotopic (exact) mass is 251 g/mol. The molecule has 0 aliphatic rings. The Morgan fingerprint density at radius 2 is 2.11 bits per heavy atom. The Labute approximate surface area is 107 Å². The summed E-state index contributed by atoms with van der Waals surface area (Å²) in [6.45, 7) is 5.02. The van der Waals surface area contributed by atoms with E-state index >= 15 is 0 Å². The number of pyridine rings is 1. The van der Waals surface area contributed by atoms with Crippen LogP contribution in [0.4, 0.5) is 0 Å². The summed E-state index contributed by atoms with van der Waals surface area (Å²) in [5.41, 5.74) is 5.71.